The second kappa shape index (κ2) is 6.65. The van der Waals surface area contributed by atoms with Crippen molar-refractivity contribution in [2.24, 2.45) is 0 Å². The summed E-state index contributed by atoms with van der Waals surface area (Å²) in [6.07, 6.45) is 3.59. The highest BCUT2D eigenvalue weighted by Gasteiger charge is 2.08. The predicted octanol–water partition coefficient (Wildman–Crippen LogP) is 5.18. The van der Waals surface area contributed by atoms with Crippen LogP contribution in [0.4, 0.5) is 0 Å². The van der Waals surface area contributed by atoms with Gasteiger partial charge in [-0.2, -0.15) is 0 Å². The minimum Gasteiger partial charge on any atom is -0.264 e. The highest BCUT2D eigenvalue weighted by atomic mass is 14.9. The standard InChI is InChI=1S/C22H17N3/c1-16-24-21(14-22(25-16)20-11-6-12-23-15-20)19-10-5-9-18(13-19)17-7-3-2-4-8-17/h2-15H,1H3. The summed E-state index contributed by atoms with van der Waals surface area (Å²) in [5, 5.41) is 0. The van der Waals surface area contributed by atoms with Crippen LogP contribution in [0, 0.1) is 6.92 Å². The summed E-state index contributed by atoms with van der Waals surface area (Å²) in [6.45, 7) is 1.92. The van der Waals surface area contributed by atoms with E-state index in [1.165, 1.54) is 11.1 Å². The topological polar surface area (TPSA) is 38.7 Å². The molecule has 3 heteroatoms. The molecule has 0 atom stereocenters. The van der Waals surface area contributed by atoms with Gasteiger partial charge in [-0.15, -0.1) is 0 Å². The van der Waals surface area contributed by atoms with Gasteiger partial charge in [-0.1, -0.05) is 48.5 Å². The van der Waals surface area contributed by atoms with Crippen LogP contribution in [0.15, 0.2) is 85.2 Å². The Balaban J connectivity index is 1.79. The van der Waals surface area contributed by atoms with Gasteiger partial charge in [-0.05, 0) is 42.3 Å². The summed E-state index contributed by atoms with van der Waals surface area (Å²) in [4.78, 5) is 13.4. The zero-order valence-corrected chi connectivity index (χ0v) is 13.9. The molecule has 0 unspecified atom stereocenters. The van der Waals surface area contributed by atoms with E-state index in [1.54, 1.807) is 6.20 Å². The largest absolute Gasteiger partial charge is 0.264 e. The van der Waals surface area contributed by atoms with Gasteiger partial charge in [-0.25, -0.2) is 9.97 Å². The first-order valence-electron chi connectivity index (χ1n) is 8.21. The molecule has 0 fully saturated rings. The number of benzene rings is 2. The third kappa shape index (κ3) is 3.31. The number of rotatable bonds is 3. The van der Waals surface area contributed by atoms with E-state index in [2.05, 4.69) is 63.5 Å². The Morgan fingerprint density at radius 3 is 2.04 bits per heavy atom. The molecule has 2 aromatic carbocycles. The molecule has 0 N–H and O–H groups in total. The van der Waals surface area contributed by atoms with Gasteiger partial charge in [-0.3, -0.25) is 4.98 Å². The lowest BCUT2D eigenvalue weighted by Crippen LogP contribution is -1.95. The smallest absolute Gasteiger partial charge is 0.126 e. The van der Waals surface area contributed by atoms with Gasteiger partial charge in [0, 0.05) is 23.5 Å². The summed E-state index contributed by atoms with van der Waals surface area (Å²) in [5.74, 6) is 0.751. The highest BCUT2D eigenvalue weighted by molar-refractivity contribution is 5.73. The van der Waals surface area contributed by atoms with Gasteiger partial charge in [0.25, 0.3) is 0 Å². The van der Waals surface area contributed by atoms with E-state index in [0.717, 1.165) is 28.3 Å². The highest BCUT2D eigenvalue weighted by Crippen LogP contribution is 2.27. The molecule has 3 nitrogen and oxygen atoms in total. The second-order valence-corrected chi connectivity index (χ2v) is 5.87. The molecule has 120 valence electrons. The van der Waals surface area contributed by atoms with Crippen LogP contribution in [0.2, 0.25) is 0 Å². The average molecular weight is 323 g/mol. The molecule has 4 rings (SSSR count). The number of hydrogen-bond acceptors (Lipinski definition) is 3. The summed E-state index contributed by atoms with van der Waals surface area (Å²) in [6, 6.07) is 24.8. The van der Waals surface area contributed by atoms with Crippen molar-refractivity contribution in [1.82, 2.24) is 15.0 Å². The molecule has 0 radical (unpaired) electrons. The first-order valence-corrected chi connectivity index (χ1v) is 8.21. The van der Waals surface area contributed by atoms with Crippen molar-refractivity contribution in [3.05, 3.63) is 91.0 Å². The van der Waals surface area contributed by atoms with Crippen molar-refractivity contribution in [3.63, 3.8) is 0 Å². The lowest BCUT2D eigenvalue weighted by Gasteiger charge is -2.08. The molecular weight excluding hydrogens is 306 g/mol. The van der Waals surface area contributed by atoms with Crippen LogP contribution in [-0.4, -0.2) is 15.0 Å². The van der Waals surface area contributed by atoms with E-state index in [-0.39, 0.29) is 0 Å². The van der Waals surface area contributed by atoms with Gasteiger partial charge in [0.15, 0.2) is 0 Å². The van der Waals surface area contributed by atoms with Gasteiger partial charge < -0.3 is 0 Å². The van der Waals surface area contributed by atoms with E-state index < -0.39 is 0 Å². The third-order valence-corrected chi connectivity index (χ3v) is 4.06. The SMILES string of the molecule is Cc1nc(-c2cccnc2)cc(-c2cccc(-c3ccccc3)c2)n1. The van der Waals surface area contributed by atoms with Crippen LogP contribution in [0.5, 0.6) is 0 Å². The number of aryl methyl sites for hydroxylation is 1. The zero-order chi connectivity index (χ0) is 17.1. The molecular formula is C22H17N3. The molecule has 25 heavy (non-hydrogen) atoms. The van der Waals surface area contributed by atoms with Crippen molar-refractivity contribution in [3.8, 4) is 33.6 Å². The van der Waals surface area contributed by atoms with Gasteiger partial charge >= 0.3 is 0 Å². The van der Waals surface area contributed by atoms with Gasteiger partial charge in [0.1, 0.15) is 5.82 Å². The summed E-state index contributed by atoms with van der Waals surface area (Å²) >= 11 is 0. The van der Waals surface area contributed by atoms with Crippen LogP contribution in [0.1, 0.15) is 5.82 Å². The first kappa shape index (κ1) is 15.2. The minimum absolute atomic E-state index is 0.751. The molecule has 4 aromatic rings. The van der Waals surface area contributed by atoms with E-state index in [9.17, 15) is 0 Å². The van der Waals surface area contributed by atoms with Crippen molar-refractivity contribution in [2.45, 2.75) is 6.92 Å². The quantitative estimate of drug-likeness (QED) is 0.521. The van der Waals surface area contributed by atoms with Crippen molar-refractivity contribution in [2.75, 3.05) is 0 Å². The van der Waals surface area contributed by atoms with Gasteiger partial charge in [0.05, 0.1) is 11.4 Å². The summed E-state index contributed by atoms with van der Waals surface area (Å²) < 4.78 is 0. The van der Waals surface area contributed by atoms with Crippen LogP contribution in [0.25, 0.3) is 33.6 Å². The molecule has 0 saturated heterocycles. The number of nitrogens with zero attached hydrogens (tertiary/aromatic N) is 3. The molecule has 0 spiro atoms. The molecule has 2 heterocycles. The van der Waals surface area contributed by atoms with Gasteiger partial charge in [0.2, 0.25) is 0 Å². The van der Waals surface area contributed by atoms with Crippen LogP contribution < -0.4 is 0 Å². The van der Waals surface area contributed by atoms with Crippen LogP contribution in [0.3, 0.4) is 0 Å². The maximum atomic E-state index is 4.63. The fourth-order valence-corrected chi connectivity index (χ4v) is 2.87. The Labute approximate surface area is 147 Å². The molecule has 2 aromatic heterocycles. The molecule has 0 aliphatic heterocycles. The monoisotopic (exact) mass is 323 g/mol. The predicted molar refractivity (Wildman–Crippen MR) is 101 cm³/mol. The molecule has 0 aliphatic rings. The van der Waals surface area contributed by atoms with Crippen molar-refractivity contribution >= 4 is 0 Å². The maximum Gasteiger partial charge on any atom is 0.126 e. The summed E-state index contributed by atoms with van der Waals surface area (Å²) in [5.41, 5.74) is 6.26. The Bertz CT molecular complexity index is 996. The fraction of sp³-hybridized carbons (Fsp3) is 0.0455. The normalized spacial score (nSPS) is 10.6. The van der Waals surface area contributed by atoms with Crippen molar-refractivity contribution in [1.29, 1.82) is 0 Å². The number of hydrogen-bond donors (Lipinski definition) is 0. The van der Waals surface area contributed by atoms with Crippen LogP contribution in [-0.2, 0) is 0 Å². The summed E-state index contributed by atoms with van der Waals surface area (Å²) in [7, 11) is 0. The maximum absolute atomic E-state index is 4.63. The first-order chi connectivity index (χ1) is 12.3. The third-order valence-electron chi connectivity index (χ3n) is 4.06. The lowest BCUT2D eigenvalue weighted by atomic mass is 10.0. The van der Waals surface area contributed by atoms with E-state index in [4.69, 9.17) is 0 Å². The Morgan fingerprint density at radius 2 is 1.28 bits per heavy atom. The Morgan fingerprint density at radius 1 is 0.600 bits per heavy atom. The molecule has 0 bridgehead atoms. The minimum atomic E-state index is 0.751. The molecule has 0 saturated carbocycles. The van der Waals surface area contributed by atoms with E-state index in [0.29, 0.717) is 0 Å². The number of pyridine rings is 1. The average Bonchev–Trinajstić information content (AvgIpc) is 2.69. The number of aromatic nitrogens is 3. The Hall–Kier alpha value is -3.33. The molecule has 0 aliphatic carbocycles. The lowest BCUT2D eigenvalue weighted by molar-refractivity contribution is 1.06. The van der Waals surface area contributed by atoms with E-state index >= 15 is 0 Å². The Kier molecular flexibility index (Phi) is 4.05. The zero-order valence-electron chi connectivity index (χ0n) is 13.9. The van der Waals surface area contributed by atoms with E-state index in [1.807, 2.05) is 37.4 Å². The van der Waals surface area contributed by atoms with Crippen LogP contribution >= 0.6 is 0 Å². The van der Waals surface area contributed by atoms with Crippen molar-refractivity contribution < 1.29 is 0 Å². The second-order valence-electron chi connectivity index (χ2n) is 5.87. The fourth-order valence-electron chi connectivity index (χ4n) is 2.87. The molecule has 0 amide bonds.